The lowest BCUT2D eigenvalue weighted by Crippen LogP contribution is -2.33. The van der Waals surface area contributed by atoms with Crippen molar-refractivity contribution in [2.45, 2.75) is 13.0 Å². The third-order valence-corrected chi connectivity index (χ3v) is 3.84. The number of hydrogen-bond acceptors (Lipinski definition) is 5. The molecular formula is C20H27N3O4. The summed E-state index contributed by atoms with van der Waals surface area (Å²) < 4.78 is 21.3. The van der Waals surface area contributed by atoms with Crippen LogP contribution in [0, 0.1) is 0 Å². The second-order valence-electron chi connectivity index (χ2n) is 5.70. The number of hydrogen-bond donors (Lipinski definition) is 2. The van der Waals surface area contributed by atoms with Crippen molar-refractivity contribution >= 4 is 5.96 Å². The third kappa shape index (κ3) is 6.62. The summed E-state index contributed by atoms with van der Waals surface area (Å²) in [5.41, 5.74) is 6.89. The standard InChI is InChI=1S/C20H27N3O4/c1-24-16-6-8-17(9-7-16)27-12-4-11-22-20(21)23-14-15-5-10-18(25-2)19(13-15)26-3/h5-10,13H,4,11-12,14H2,1-3H3,(H3,21,22,23). The van der Waals surface area contributed by atoms with Gasteiger partial charge in [-0.3, -0.25) is 0 Å². The molecule has 0 heterocycles. The SMILES string of the molecule is COc1ccc(OCCCNC(N)=NCc2ccc(OC)c(OC)c2)cc1. The van der Waals surface area contributed by atoms with Crippen molar-refractivity contribution in [3.05, 3.63) is 48.0 Å². The summed E-state index contributed by atoms with van der Waals surface area (Å²) in [5, 5.41) is 3.08. The highest BCUT2D eigenvalue weighted by Gasteiger charge is 2.04. The topological polar surface area (TPSA) is 87.3 Å². The van der Waals surface area contributed by atoms with E-state index in [4.69, 9.17) is 24.7 Å². The Morgan fingerprint density at radius 1 is 0.926 bits per heavy atom. The highest BCUT2D eigenvalue weighted by molar-refractivity contribution is 5.77. The summed E-state index contributed by atoms with van der Waals surface area (Å²) in [6, 6.07) is 13.2. The molecule has 146 valence electrons. The normalized spacial score (nSPS) is 11.0. The molecule has 27 heavy (non-hydrogen) atoms. The van der Waals surface area contributed by atoms with E-state index in [1.165, 1.54) is 0 Å². The monoisotopic (exact) mass is 373 g/mol. The first kappa shape index (κ1) is 20.2. The minimum Gasteiger partial charge on any atom is -0.497 e. The maximum absolute atomic E-state index is 5.90. The van der Waals surface area contributed by atoms with Crippen LogP contribution in [-0.2, 0) is 6.54 Å². The second-order valence-corrected chi connectivity index (χ2v) is 5.70. The maximum Gasteiger partial charge on any atom is 0.188 e. The van der Waals surface area contributed by atoms with Gasteiger partial charge in [0.1, 0.15) is 11.5 Å². The molecule has 2 aromatic carbocycles. The van der Waals surface area contributed by atoms with Gasteiger partial charge in [0, 0.05) is 6.54 Å². The van der Waals surface area contributed by atoms with Crippen LogP contribution in [0.5, 0.6) is 23.0 Å². The molecule has 0 saturated carbocycles. The molecule has 0 aliphatic heterocycles. The Bertz CT molecular complexity index is 733. The molecule has 0 unspecified atom stereocenters. The number of nitrogens with zero attached hydrogens (tertiary/aromatic N) is 1. The minimum atomic E-state index is 0.397. The van der Waals surface area contributed by atoms with Crippen molar-refractivity contribution in [1.29, 1.82) is 0 Å². The van der Waals surface area contributed by atoms with E-state index in [0.717, 1.165) is 23.5 Å². The minimum absolute atomic E-state index is 0.397. The predicted octanol–water partition coefficient (Wildman–Crippen LogP) is 2.59. The Morgan fingerprint density at radius 2 is 1.63 bits per heavy atom. The van der Waals surface area contributed by atoms with Crippen LogP contribution in [0.15, 0.2) is 47.5 Å². The summed E-state index contributed by atoms with van der Waals surface area (Å²) in [4.78, 5) is 4.33. The summed E-state index contributed by atoms with van der Waals surface area (Å²) in [6.45, 7) is 1.72. The van der Waals surface area contributed by atoms with Gasteiger partial charge in [0.25, 0.3) is 0 Å². The van der Waals surface area contributed by atoms with E-state index < -0.39 is 0 Å². The number of nitrogens with two attached hydrogens (primary N) is 1. The number of nitrogens with one attached hydrogen (secondary N) is 1. The average Bonchev–Trinajstić information content (AvgIpc) is 2.72. The molecule has 0 spiro atoms. The first-order chi connectivity index (χ1) is 13.2. The molecule has 0 aliphatic carbocycles. The highest BCUT2D eigenvalue weighted by atomic mass is 16.5. The molecule has 0 bridgehead atoms. The van der Waals surface area contributed by atoms with Crippen molar-refractivity contribution in [1.82, 2.24) is 5.32 Å². The van der Waals surface area contributed by atoms with Crippen LogP contribution in [-0.4, -0.2) is 40.4 Å². The van der Waals surface area contributed by atoms with Crippen LogP contribution in [0.25, 0.3) is 0 Å². The molecule has 0 amide bonds. The molecule has 2 rings (SSSR count). The molecule has 3 N–H and O–H groups in total. The predicted molar refractivity (Wildman–Crippen MR) is 106 cm³/mol. The van der Waals surface area contributed by atoms with Gasteiger partial charge in [-0.1, -0.05) is 6.07 Å². The van der Waals surface area contributed by atoms with Crippen molar-refractivity contribution in [3.63, 3.8) is 0 Å². The van der Waals surface area contributed by atoms with E-state index in [-0.39, 0.29) is 0 Å². The van der Waals surface area contributed by atoms with Gasteiger partial charge in [-0.25, -0.2) is 4.99 Å². The Hall–Kier alpha value is -3.09. The van der Waals surface area contributed by atoms with E-state index in [0.29, 0.717) is 37.2 Å². The summed E-state index contributed by atoms with van der Waals surface area (Å²) in [6.07, 6.45) is 0.804. The maximum atomic E-state index is 5.90. The first-order valence-electron chi connectivity index (χ1n) is 8.67. The quantitative estimate of drug-likeness (QED) is 0.378. The number of guanidine groups is 1. The number of methoxy groups -OCH3 is 3. The third-order valence-electron chi connectivity index (χ3n) is 3.84. The van der Waals surface area contributed by atoms with E-state index in [9.17, 15) is 0 Å². The second kappa shape index (κ2) is 10.8. The van der Waals surface area contributed by atoms with E-state index in [1.54, 1.807) is 21.3 Å². The Balaban J connectivity index is 1.69. The van der Waals surface area contributed by atoms with E-state index in [1.807, 2.05) is 42.5 Å². The van der Waals surface area contributed by atoms with Crippen molar-refractivity contribution in [3.8, 4) is 23.0 Å². The zero-order valence-corrected chi connectivity index (χ0v) is 16.0. The van der Waals surface area contributed by atoms with Gasteiger partial charge in [-0.05, 0) is 48.4 Å². The Morgan fingerprint density at radius 3 is 2.30 bits per heavy atom. The van der Waals surface area contributed by atoms with Crippen LogP contribution < -0.4 is 30.0 Å². The fraction of sp³-hybridized carbons (Fsp3) is 0.350. The van der Waals surface area contributed by atoms with Crippen LogP contribution in [0.3, 0.4) is 0 Å². The van der Waals surface area contributed by atoms with Crippen molar-refractivity contribution in [2.24, 2.45) is 10.7 Å². The smallest absolute Gasteiger partial charge is 0.188 e. The molecule has 0 fully saturated rings. The van der Waals surface area contributed by atoms with E-state index >= 15 is 0 Å². The highest BCUT2D eigenvalue weighted by Crippen LogP contribution is 2.27. The summed E-state index contributed by atoms with van der Waals surface area (Å²) in [5.74, 6) is 3.38. The lowest BCUT2D eigenvalue weighted by Gasteiger charge is -2.10. The van der Waals surface area contributed by atoms with Gasteiger partial charge < -0.3 is 30.0 Å². The van der Waals surface area contributed by atoms with Crippen LogP contribution in [0.2, 0.25) is 0 Å². The van der Waals surface area contributed by atoms with Gasteiger partial charge in [0.15, 0.2) is 17.5 Å². The molecule has 7 nitrogen and oxygen atoms in total. The van der Waals surface area contributed by atoms with Crippen molar-refractivity contribution in [2.75, 3.05) is 34.5 Å². The van der Waals surface area contributed by atoms with Gasteiger partial charge in [0.2, 0.25) is 0 Å². The largest absolute Gasteiger partial charge is 0.497 e. The number of rotatable bonds is 10. The average molecular weight is 373 g/mol. The summed E-state index contributed by atoms with van der Waals surface area (Å²) >= 11 is 0. The molecule has 0 atom stereocenters. The molecule has 0 radical (unpaired) electrons. The van der Waals surface area contributed by atoms with Crippen LogP contribution in [0.4, 0.5) is 0 Å². The van der Waals surface area contributed by atoms with Gasteiger partial charge in [-0.15, -0.1) is 0 Å². The number of benzene rings is 2. The van der Waals surface area contributed by atoms with Gasteiger partial charge >= 0.3 is 0 Å². The van der Waals surface area contributed by atoms with Gasteiger partial charge in [-0.2, -0.15) is 0 Å². The zero-order valence-electron chi connectivity index (χ0n) is 16.0. The molecule has 0 saturated heterocycles. The fourth-order valence-corrected chi connectivity index (χ4v) is 2.36. The van der Waals surface area contributed by atoms with E-state index in [2.05, 4.69) is 10.3 Å². The Labute approximate surface area is 160 Å². The van der Waals surface area contributed by atoms with Gasteiger partial charge in [0.05, 0.1) is 34.5 Å². The summed E-state index contributed by atoms with van der Waals surface area (Å²) in [7, 11) is 4.85. The Kier molecular flexibility index (Phi) is 8.09. The molecule has 0 aromatic heterocycles. The zero-order chi connectivity index (χ0) is 19.5. The fourth-order valence-electron chi connectivity index (χ4n) is 2.36. The lowest BCUT2D eigenvalue weighted by molar-refractivity contribution is 0.310. The number of aliphatic imine (C=N–C) groups is 1. The van der Waals surface area contributed by atoms with Crippen LogP contribution >= 0.6 is 0 Å². The molecule has 0 aliphatic rings. The number of ether oxygens (including phenoxy) is 4. The van der Waals surface area contributed by atoms with Crippen molar-refractivity contribution < 1.29 is 18.9 Å². The molecule has 2 aromatic rings. The molecule has 7 heteroatoms. The molecular weight excluding hydrogens is 346 g/mol. The van der Waals surface area contributed by atoms with Crippen LogP contribution in [0.1, 0.15) is 12.0 Å². The lowest BCUT2D eigenvalue weighted by atomic mass is 10.2. The first-order valence-corrected chi connectivity index (χ1v) is 8.67.